The van der Waals surface area contributed by atoms with Gasteiger partial charge in [0, 0.05) is 11.1 Å². The Labute approximate surface area is 382 Å². The maximum Gasteiger partial charge on any atom is 0.336 e. The Morgan fingerprint density at radius 2 is 0.587 bits per heavy atom. The fraction of sp³-hybridized carbons (Fsp3) is 0.755. The van der Waals surface area contributed by atoms with Gasteiger partial charge in [0.25, 0.3) is 0 Å². The van der Waals surface area contributed by atoms with Crippen LogP contribution in [0.25, 0.3) is 0 Å². The zero-order chi connectivity index (χ0) is 48.1. The van der Waals surface area contributed by atoms with Crippen molar-refractivity contribution in [2.45, 2.75) is 230 Å². The van der Waals surface area contributed by atoms with Crippen molar-refractivity contribution in [2.24, 2.45) is 29.6 Å². The van der Waals surface area contributed by atoms with Gasteiger partial charge in [0.05, 0.1) is 16.7 Å². The van der Waals surface area contributed by atoms with Crippen LogP contribution in [0.2, 0.25) is 0 Å². The Hall–Kier alpha value is -3.69. The summed E-state index contributed by atoms with van der Waals surface area (Å²) >= 11 is 0. The van der Waals surface area contributed by atoms with E-state index in [4.69, 9.17) is 0 Å². The van der Waals surface area contributed by atoms with Crippen LogP contribution >= 0.6 is 0 Å². The van der Waals surface area contributed by atoms with E-state index in [9.17, 15) is 49.5 Å². The van der Waals surface area contributed by atoms with Crippen molar-refractivity contribution in [3.8, 4) is 0 Å². The van der Waals surface area contributed by atoms with Gasteiger partial charge in [-0.25, -0.2) is 24.0 Å². The molecule has 0 aromatic heterocycles. The van der Waals surface area contributed by atoms with Crippen molar-refractivity contribution in [1.29, 1.82) is 0 Å². The van der Waals surface area contributed by atoms with E-state index in [2.05, 4.69) is 62.3 Å². The number of aromatic carboxylic acids is 3. The molecule has 0 spiro atoms. The van der Waals surface area contributed by atoms with Crippen molar-refractivity contribution in [3.63, 3.8) is 0 Å². The summed E-state index contributed by atoms with van der Waals surface area (Å²) in [4.78, 5) is 62.1. The monoisotopic (exact) mass is 887 g/mol. The maximum absolute atomic E-state index is 13.0. The molecule has 0 saturated heterocycles. The first kappa shape index (κ1) is 59.3. The van der Waals surface area contributed by atoms with E-state index >= 15 is 0 Å². The van der Waals surface area contributed by atoms with Gasteiger partial charge in [-0.15, -0.1) is 0 Å². The SMILES string of the molecule is CCCCC(CC)C/C(C(=O)O)=C(/CC(CC)CCCC)C(=O)O.CCCCC(CC)Cc1c(CC(CC)CCCC)c(C(=O)O)c(C(=O)O)c(CC(CC)CCCC)c1C(=O)O. The predicted octanol–water partition coefficient (Wildman–Crippen LogP) is 14.7. The number of carbonyl (C=O) groups is 5. The molecular weight excluding hydrogens is 797 g/mol. The van der Waals surface area contributed by atoms with E-state index in [1.807, 2.05) is 6.92 Å². The van der Waals surface area contributed by atoms with Gasteiger partial charge in [0.2, 0.25) is 0 Å². The normalized spacial score (nSPS) is 14.1. The topological polar surface area (TPSA) is 186 Å². The molecule has 0 radical (unpaired) electrons. The number of unbranched alkanes of at least 4 members (excludes halogenated alkanes) is 5. The lowest BCUT2D eigenvalue weighted by Gasteiger charge is -2.28. The molecule has 5 unspecified atom stereocenters. The Morgan fingerprint density at radius 3 is 0.825 bits per heavy atom. The standard InChI is InChI=1S/C33H54O6.C20H36O4/c1-7-13-16-22(10-4)19-25-26(20-23(11-5)17-14-8-2)29(32(36)37)30(33(38)39)27(28(25)31(34)35)21-24(12-6)18-15-9-3;1-5-9-11-15(7-3)13-17(19(21)22)18(20(23)24)14-16(8-4)12-10-6-2/h22-24H,7-21H2,1-6H3,(H,34,35)(H,36,37)(H,38,39);15-16H,5-14H2,1-4H3,(H,21,22)(H,23,24)/b;18-17+. The third-order valence-corrected chi connectivity index (χ3v) is 13.5. The van der Waals surface area contributed by atoms with Crippen molar-refractivity contribution in [3.05, 3.63) is 44.5 Å². The molecule has 362 valence electrons. The molecule has 1 aromatic rings. The van der Waals surface area contributed by atoms with Crippen molar-refractivity contribution >= 4 is 29.8 Å². The quantitative estimate of drug-likeness (QED) is 0.0411. The zero-order valence-electron chi connectivity index (χ0n) is 41.3. The van der Waals surface area contributed by atoms with E-state index in [-0.39, 0.29) is 69.4 Å². The summed E-state index contributed by atoms with van der Waals surface area (Å²) in [6.45, 7) is 20.9. The molecule has 1 aromatic carbocycles. The van der Waals surface area contributed by atoms with Crippen LogP contribution in [0, 0.1) is 29.6 Å². The summed E-state index contributed by atoms with van der Waals surface area (Å²) in [5.74, 6) is -4.90. The molecule has 0 aliphatic rings. The van der Waals surface area contributed by atoms with E-state index in [1.54, 1.807) is 0 Å². The molecule has 0 fully saturated rings. The minimum absolute atomic E-state index is 0.0580. The fourth-order valence-electron chi connectivity index (χ4n) is 9.13. The Bertz CT molecular complexity index is 1520. The lowest BCUT2D eigenvalue weighted by atomic mass is 9.75. The summed E-state index contributed by atoms with van der Waals surface area (Å²) in [5.41, 5.74) is 1.05. The van der Waals surface area contributed by atoms with Crippen LogP contribution < -0.4 is 0 Å². The molecule has 5 N–H and O–H groups in total. The minimum atomic E-state index is -1.34. The largest absolute Gasteiger partial charge is 0.478 e. The van der Waals surface area contributed by atoms with Gasteiger partial charge >= 0.3 is 29.8 Å². The first-order chi connectivity index (χ1) is 30.0. The Morgan fingerprint density at radius 1 is 0.349 bits per heavy atom. The summed E-state index contributed by atoms with van der Waals surface area (Å²) < 4.78 is 0. The highest BCUT2D eigenvalue weighted by Gasteiger charge is 2.35. The van der Waals surface area contributed by atoms with E-state index in [1.165, 1.54) is 0 Å². The second-order valence-electron chi connectivity index (χ2n) is 18.1. The molecule has 0 aliphatic carbocycles. The Balaban J connectivity index is 0.00000137. The summed E-state index contributed by atoms with van der Waals surface area (Å²) in [7, 11) is 0. The van der Waals surface area contributed by atoms with E-state index in [0.29, 0.717) is 36.8 Å². The van der Waals surface area contributed by atoms with E-state index < -0.39 is 29.8 Å². The number of carboxylic acids is 5. The molecule has 0 bridgehead atoms. The van der Waals surface area contributed by atoms with E-state index in [0.717, 1.165) is 128 Å². The third kappa shape index (κ3) is 20.8. The average molecular weight is 887 g/mol. The molecular formula is C53H90O10. The first-order valence-corrected chi connectivity index (χ1v) is 25.1. The average Bonchev–Trinajstić information content (AvgIpc) is 3.25. The maximum atomic E-state index is 13.0. The van der Waals surface area contributed by atoms with Crippen molar-refractivity contribution < 1.29 is 49.5 Å². The second kappa shape index (κ2) is 33.8. The van der Waals surface area contributed by atoms with Gasteiger partial charge in [-0.05, 0) is 78.4 Å². The van der Waals surface area contributed by atoms with Gasteiger partial charge in [-0.1, -0.05) is 198 Å². The minimum Gasteiger partial charge on any atom is -0.478 e. The first-order valence-electron chi connectivity index (χ1n) is 25.1. The second-order valence-corrected chi connectivity index (χ2v) is 18.1. The molecule has 1 rings (SSSR count). The van der Waals surface area contributed by atoms with Crippen LogP contribution in [0.1, 0.15) is 258 Å². The number of aliphatic carboxylic acids is 2. The molecule has 0 heterocycles. The zero-order valence-corrected chi connectivity index (χ0v) is 41.3. The van der Waals surface area contributed by atoms with Crippen LogP contribution in [-0.4, -0.2) is 55.4 Å². The summed E-state index contributed by atoms with van der Waals surface area (Å²) in [6.07, 6.45) is 21.0. The van der Waals surface area contributed by atoms with Gasteiger partial charge in [0.1, 0.15) is 0 Å². The fourth-order valence-corrected chi connectivity index (χ4v) is 9.13. The van der Waals surface area contributed by atoms with Gasteiger partial charge in [0.15, 0.2) is 0 Å². The van der Waals surface area contributed by atoms with Gasteiger partial charge < -0.3 is 25.5 Å². The molecule has 10 heteroatoms. The molecule has 0 aliphatic heterocycles. The lowest BCUT2D eigenvalue weighted by Crippen LogP contribution is -2.25. The van der Waals surface area contributed by atoms with Crippen LogP contribution in [0.5, 0.6) is 0 Å². The highest BCUT2D eigenvalue weighted by atomic mass is 16.4. The predicted molar refractivity (Wildman–Crippen MR) is 256 cm³/mol. The van der Waals surface area contributed by atoms with Gasteiger partial charge in [-0.2, -0.15) is 0 Å². The molecule has 0 amide bonds. The van der Waals surface area contributed by atoms with Crippen LogP contribution in [0.15, 0.2) is 11.1 Å². The highest BCUT2D eigenvalue weighted by molar-refractivity contribution is 6.07. The van der Waals surface area contributed by atoms with Crippen LogP contribution in [0.4, 0.5) is 0 Å². The summed E-state index contributed by atoms with van der Waals surface area (Å²) in [5, 5.41) is 50.7. The smallest absolute Gasteiger partial charge is 0.336 e. The number of hydrogen-bond acceptors (Lipinski definition) is 5. The molecule has 10 nitrogen and oxygen atoms in total. The number of rotatable bonds is 35. The highest BCUT2D eigenvalue weighted by Crippen LogP contribution is 2.37. The summed E-state index contributed by atoms with van der Waals surface area (Å²) in [6, 6.07) is 0. The lowest BCUT2D eigenvalue weighted by molar-refractivity contribution is -0.136. The molecule has 63 heavy (non-hydrogen) atoms. The van der Waals surface area contributed by atoms with Crippen LogP contribution in [0.3, 0.4) is 0 Å². The number of carboxylic acid groups (broad SMARTS) is 5. The Kier molecular flexibility index (Phi) is 31.8. The molecule has 0 saturated carbocycles. The van der Waals surface area contributed by atoms with Gasteiger partial charge in [-0.3, -0.25) is 0 Å². The molecule has 5 atom stereocenters. The van der Waals surface area contributed by atoms with Crippen LogP contribution in [-0.2, 0) is 28.9 Å². The number of hydrogen-bond donors (Lipinski definition) is 5. The van der Waals surface area contributed by atoms with Crippen molar-refractivity contribution in [1.82, 2.24) is 0 Å². The third-order valence-electron chi connectivity index (χ3n) is 13.5. The van der Waals surface area contributed by atoms with Crippen molar-refractivity contribution in [2.75, 3.05) is 0 Å². The number of benzene rings is 1.